The Balaban J connectivity index is 2.41. The minimum absolute atomic E-state index is 0.669. The van der Waals surface area contributed by atoms with Gasteiger partial charge in [0.05, 0.1) is 5.69 Å². The van der Waals surface area contributed by atoms with E-state index in [4.69, 9.17) is 5.73 Å². The van der Waals surface area contributed by atoms with Gasteiger partial charge in [0.25, 0.3) is 0 Å². The molecule has 0 aliphatic carbocycles. The van der Waals surface area contributed by atoms with Crippen molar-refractivity contribution in [3.63, 3.8) is 0 Å². The normalized spacial score (nSPS) is 11.1. The molecule has 2 N–H and O–H groups in total. The Bertz CT molecular complexity index is 464. The van der Waals surface area contributed by atoms with E-state index >= 15 is 0 Å². The largest absolute Gasteiger partial charge is 0.330 e. The zero-order chi connectivity index (χ0) is 11.4. The monoisotopic (exact) mass is 235 g/mol. The van der Waals surface area contributed by atoms with Crippen LogP contribution in [0.3, 0.4) is 0 Å². The van der Waals surface area contributed by atoms with E-state index in [9.17, 15) is 0 Å². The maximum atomic E-state index is 5.66. The molecule has 2 aromatic heterocycles. The topological polar surface area (TPSA) is 43.3 Å². The lowest BCUT2D eigenvalue weighted by atomic mass is 10.3. The maximum absolute atomic E-state index is 5.66. The van der Waals surface area contributed by atoms with Crippen LogP contribution in [0.4, 0.5) is 0 Å². The molecule has 0 fully saturated rings. The summed E-state index contributed by atoms with van der Waals surface area (Å²) >= 11 is 1.83. The Hall–Kier alpha value is -1.00. The SMILES string of the molecule is CCCSc1nc2ccccn2c1CCN. The molecule has 0 aliphatic rings. The molecule has 0 spiro atoms. The van der Waals surface area contributed by atoms with Crippen molar-refractivity contribution < 1.29 is 0 Å². The van der Waals surface area contributed by atoms with E-state index in [1.165, 1.54) is 12.1 Å². The number of nitrogens with zero attached hydrogens (tertiary/aromatic N) is 2. The van der Waals surface area contributed by atoms with Crippen LogP contribution in [0.2, 0.25) is 0 Å². The molecule has 0 aliphatic heterocycles. The van der Waals surface area contributed by atoms with Gasteiger partial charge in [-0.15, -0.1) is 11.8 Å². The van der Waals surface area contributed by atoms with Crippen molar-refractivity contribution in [3.05, 3.63) is 30.1 Å². The molecule has 2 heterocycles. The van der Waals surface area contributed by atoms with Crippen LogP contribution in [0.15, 0.2) is 29.4 Å². The lowest BCUT2D eigenvalue weighted by Crippen LogP contribution is -2.06. The quantitative estimate of drug-likeness (QED) is 0.809. The summed E-state index contributed by atoms with van der Waals surface area (Å²) < 4.78 is 2.14. The Morgan fingerprint density at radius 2 is 2.31 bits per heavy atom. The van der Waals surface area contributed by atoms with Crippen LogP contribution in [0.25, 0.3) is 5.65 Å². The summed E-state index contributed by atoms with van der Waals surface area (Å²) in [5.74, 6) is 1.11. The fourth-order valence-corrected chi connectivity index (χ4v) is 2.63. The molecule has 0 saturated carbocycles. The van der Waals surface area contributed by atoms with E-state index in [-0.39, 0.29) is 0 Å². The Morgan fingerprint density at radius 1 is 1.44 bits per heavy atom. The van der Waals surface area contributed by atoms with Gasteiger partial charge < -0.3 is 10.1 Å². The molecule has 0 bridgehead atoms. The van der Waals surface area contributed by atoms with Gasteiger partial charge in [-0.3, -0.25) is 0 Å². The number of imidazole rings is 1. The minimum atomic E-state index is 0.669. The lowest BCUT2D eigenvalue weighted by Gasteiger charge is -2.02. The lowest BCUT2D eigenvalue weighted by molar-refractivity contribution is 0.876. The Morgan fingerprint density at radius 3 is 3.06 bits per heavy atom. The highest BCUT2D eigenvalue weighted by molar-refractivity contribution is 7.99. The maximum Gasteiger partial charge on any atom is 0.138 e. The van der Waals surface area contributed by atoms with Gasteiger partial charge in [-0.05, 0) is 30.9 Å². The summed E-state index contributed by atoms with van der Waals surface area (Å²) in [6.07, 6.45) is 4.11. The molecule has 16 heavy (non-hydrogen) atoms. The molecule has 0 radical (unpaired) electrons. The molecule has 0 unspecified atom stereocenters. The first-order chi connectivity index (χ1) is 7.86. The standard InChI is InChI=1S/C12H17N3S/c1-2-9-16-12-10(6-7-13)15-8-4-3-5-11(15)14-12/h3-5,8H,2,6-7,9,13H2,1H3. The second-order valence-corrected chi connectivity index (χ2v) is 4.76. The van der Waals surface area contributed by atoms with Crippen LogP contribution in [0.5, 0.6) is 0 Å². The molecule has 0 aromatic carbocycles. The predicted octanol–water partition coefficient (Wildman–Crippen LogP) is 2.34. The summed E-state index contributed by atoms with van der Waals surface area (Å²) in [6.45, 7) is 2.85. The second kappa shape index (κ2) is 5.37. The first-order valence-electron chi connectivity index (χ1n) is 5.65. The van der Waals surface area contributed by atoms with Crippen molar-refractivity contribution in [3.8, 4) is 0 Å². The van der Waals surface area contributed by atoms with Crippen LogP contribution in [-0.2, 0) is 6.42 Å². The number of nitrogens with two attached hydrogens (primary N) is 1. The van der Waals surface area contributed by atoms with Gasteiger partial charge in [-0.2, -0.15) is 0 Å². The van der Waals surface area contributed by atoms with Gasteiger partial charge in [0, 0.05) is 12.6 Å². The number of thioether (sulfide) groups is 1. The number of aromatic nitrogens is 2. The average Bonchev–Trinajstić information content (AvgIpc) is 2.66. The molecule has 3 nitrogen and oxygen atoms in total. The third kappa shape index (κ3) is 2.23. The molecule has 0 atom stereocenters. The number of hydrogen-bond donors (Lipinski definition) is 1. The highest BCUT2D eigenvalue weighted by atomic mass is 32.2. The van der Waals surface area contributed by atoms with E-state index in [1.807, 2.05) is 30.0 Å². The van der Waals surface area contributed by atoms with Gasteiger partial charge >= 0.3 is 0 Å². The van der Waals surface area contributed by atoms with Crippen LogP contribution in [-0.4, -0.2) is 21.7 Å². The highest BCUT2D eigenvalue weighted by Crippen LogP contribution is 2.24. The van der Waals surface area contributed by atoms with Crippen LogP contribution in [0, 0.1) is 0 Å². The summed E-state index contributed by atoms with van der Waals surface area (Å²) in [5.41, 5.74) is 7.92. The summed E-state index contributed by atoms with van der Waals surface area (Å²) in [5, 5.41) is 1.14. The number of fused-ring (bicyclic) bond motifs is 1. The number of hydrogen-bond acceptors (Lipinski definition) is 3. The molecule has 86 valence electrons. The Kier molecular flexibility index (Phi) is 3.85. The number of rotatable bonds is 5. The van der Waals surface area contributed by atoms with Gasteiger partial charge in [0.15, 0.2) is 0 Å². The van der Waals surface area contributed by atoms with Gasteiger partial charge in [0.1, 0.15) is 10.7 Å². The molecule has 2 rings (SSSR count). The smallest absolute Gasteiger partial charge is 0.138 e. The van der Waals surface area contributed by atoms with Crippen molar-refractivity contribution in [2.75, 3.05) is 12.3 Å². The van der Waals surface area contributed by atoms with Gasteiger partial charge in [0.2, 0.25) is 0 Å². The summed E-state index contributed by atoms with van der Waals surface area (Å²) in [6, 6.07) is 6.09. The fourth-order valence-electron chi connectivity index (χ4n) is 1.70. The predicted molar refractivity (Wildman–Crippen MR) is 69.0 cm³/mol. The first kappa shape index (κ1) is 11.5. The van der Waals surface area contributed by atoms with E-state index in [0.29, 0.717) is 6.54 Å². The molecule has 0 saturated heterocycles. The van der Waals surface area contributed by atoms with Crippen molar-refractivity contribution >= 4 is 17.4 Å². The van der Waals surface area contributed by atoms with Crippen LogP contribution < -0.4 is 5.73 Å². The fraction of sp³-hybridized carbons (Fsp3) is 0.417. The van der Waals surface area contributed by atoms with Crippen molar-refractivity contribution in [2.24, 2.45) is 5.73 Å². The molecule has 0 amide bonds. The van der Waals surface area contributed by atoms with E-state index in [2.05, 4.69) is 22.5 Å². The summed E-state index contributed by atoms with van der Waals surface area (Å²) in [7, 11) is 0. The van der Waals surface area contributed by atoms with Crippen LogP contribution in [0.1, 0.15) is 19.0 Å². The third-order valence-electron chi connectivity index (χ3n) is 2.42. The molecular weight excluding hydrogens is 218 g/mol. The van der Waals surface area contributed by atoms with Crippen molar-refractivity contribution in [1.29, 1.82) is 0 Å². The van der Waals surface area contributed by atoms with Crippen molar-refractivity contribution in [2.45, 2.75) is 24.8 Å². The third-order valence-corrected chi connectivity index (χ3v) is 3.63. The summed E-state index contributed by atoms with van der Waals surface area (Å²) in [4.78, 5) is 4.64. The van der Waals surface area contributed by atoms with E-state index in [1.54, 1.807) is 0 Å². The second-order valence-electron chi connectivity index (χ2n) is 3.68. The molecule has 2 aromatic rings. The minimum Gasteiger partial charge on any atom is -0.330 e. The highest BCUT2D eigenvalue weighted by Gasteiger charge is 2.10. The Labute approximate surface area is 100 Å². The molecular formula is C12H17N3S. The zero-order valence-corrected chi connectivity index (χ0v) is 10.3. The van der Waals surface area contributed by atoms with Gasteiger partial charge in [-0.1, -0.05) is 13.0 Å². The van der Waals surface area contributed by atoms with E-state index < -0.39 is 0 Å². The first-order valence-corrected chi connectivity index (χ1v) is 6.64. The zero-order valence-electron chi connectivity index (χ0n) is 9.52. The van der Waals surface area contributed by atoms with Crippen molar-refractivity contribution in [1.82, 2.24) is 9.38 Å². The number of pyridine rings is 1. The van der Waals surface area contributed by atoms with Crippen LogP contribution >= 0.6 is 11.8 Å². The van der Waals surface area contributed by atoms with E-state index in [0.717, 1.165) is 22.8 Å². The van der Waals surface area contributed by atoms with Gasteiger partial charge in [-0.25, -0.2) is 4.98 Å². The average molecular weight is 235 g/mol. The molecule has 4 heteroatoms.